The van der Waals surface area contributed by atoms with E-state index >= 15 is 0 Å². The summed E-state index contributed by atoms with van der Waals surface area (Å²) in [5.74, 6) is -0.496. The molecule has 4 N–H and O–H groups in total. The molecule has 0 saturated carbocycles. The van der Waals surface area contributed by atoms with Crippen molar-refractivity contribution in [3.05, 3.63) is 52.4 Å². The van der Waals surface area contributed by atoms with Crippen molar-refractivity contribution in [2.24, 2.45) is 0 Å². The van der Waals surface area contributed by atoms with Gasteiger partial charge in [-0.05, 0) is 18.6 Å². The van der Waals surface area contributed by atoms with E-state index in [0.29, 0.717) is 18.7 Å². The predicted octanol–water partition coefficient (Wildman–Crippen LogP) is -0.594. The van der Waals surface area contributed by atoms with Crippen LogP contribution in [-0.4, -0.2) is 57.4 Å². The lowest BCUT2D eigenvalue weighted by Crippen LogP contribution is -2.54. The maximum Gasteiger partial charge on any atom is 0.271 e. The smallest absolute Gasteiger partial charge is 0.271 e. The van der Waals surface area contributed by atoms with Gasteiger partial charge in [0.05, 0.1) is 18.3 Å². The Kier molecular flexibility index (Phi) is 4.79. The molecular formula is C16H19N3O5. The standard InChI is InChI=1S/C16H19N3O5/c20-9-13-15(22)11(6-7-24-13)17-16(23)12-8-14(21)19(18-12)10-4-2-1-3-5-10/h1-5,8,11,13,15,18,20,22H,6-7,9H2,(H,17,23)/t11-,13+,15-/m0/s1. The van der Waals surface area contributed by atoms with Crippen LogP contribution in [0.4, 0.5) is 0 Å². The van der Waals surface area contributed by atoms with Gasteiger partial charge in [-0.1, -0.05) is 18.2 Å². The number of aromatic nitrogens is 2. The van der Waals surface area contributed by atoms with Crippen LogP contribution in [0.1, 0.15) is 16.9 Å². The van der Waals surface area contributed by atoms with Crippen LogP contribution in [0.25, 0.3) is 5.69 Å². The first-order valence-electron chi connectivity index (χ1n) is 7.69. The van der Waals surface area contributed by atoms with E-state index in [1.165, 1.54) is 10.7 Å². The molecule has 1 aliphatic heterocycles. The molecule has 0 unspecified atom stereocenters. The highest BCUT2D eigenvalue weighted by atomic mass is 16.5. The van der Waals surface area contributed by atoms with E-state index in [-0.39, 0.29) is 17.9 Å². The maximum absolute atomic E-state index is 12.3. The zero-order valence-corrected chi connectivity index (χ0v) is 12.9. The Morgan fingerprint density at radius 2 is 2.12 bits per heavy atom. The molecule has 8 nitrogen and oxygen atoms in total. The first-order chi connectivity index (χ1) is 11.6. The van der Waals surface area contributed by atoms with Crippen molar-refractivity contribution >= 4 is 5.91 Å². The minimum atomic E-state index is -1.00. The number of hydrogen-bond donors (Lipinski definition) is 4. The number of H-pyrrole nitrogens is 1. The van der Waals surface area contributed by atoms with Crippen molar-refractivity contribution in [1.29, 1.82) is 0 Å². The quantitative estimate of drug-likeness (QED) is 0.596. The molecular weight excluding hydrogens is 314 g/mol. The molecule has 0 radical (unpaired) electrons. The third-order valence-electron chi connectivity index (χ3n) is 4.03. The molecule has 128 valence electrons. The third kappa shape index (κ3) is 3.25. The molecule has 0 spiro atoms. The molecule has 2 aromatic rings. The number of benzene rings is 1. The second-order valence-electron chi connectivity index (χ2n) is 5.63. The summed E-state index contributed by atoms with van der Waals surface area (Å²) in [4.78, 5) is 24.4. The summed E-state index contributed by atoms with van der Waals surface area (Å²) in [6.45, 7) is 0.00351. The van der Waals surface area contributed by atoms with Crippen LogP contribution in [0.15, 0.2) is 41.2 Å². The fourth-order valence-electron chi connectivity index (χ4n) is 2.72. The average molecular weight is 333 g/mol. The highest BCUT2D eigenvalue weighted by Crippen LogP contribution is 2.15. The van der Waals surface area contributed by atoms with Gasteiger partial charge in [0.15, 0.2) is 0 Å². The molecule has 0 bridgehead atoms. The lowest BCUT2D eigenvalue weighted by atomic mass is 10.00. The molecule has 2 heterocycles. The Morgan fingerprint density at radius 1 is 1.38 bits per heavy atom. The Labute approximate surface area is 137 Å². The van der Waals surface area contributed by atoms with Crippen LogP contribution in [0.5, 0.6) is 0 Å². The van der Waals surface area contributed by atoms with Gasteiger partial charge in [-0.2, -0.15) is 0 Å². The monoisotopic (exact) mass is 333 g/mol. The molecule has 1 aromatic heterocycles. The topological polar surface area (TPSA) is 117 Å². The number of aliphatic hydroxyl groups is 2. The Balaban J connectivity index is 1.75. The number of aromatic amines is 1. The van der Waals surface area contributed by atoms with Gasteiger partial charge in [-0.15, -0.1) is 0 Å². The zero-order valence-electron chi connectivity index (χ0n) is 12.9. The number of ether oxygens (including phenoxy) is 1. The predicted molar refractivity (Wildman–Crippen MR) is 85.1 cm³/mol. The molecule has 3 rings (SSSR count). The summed E-state index contributed by atoms with van der Waals surface area (Å²) in [5.41, 5.74) is 0.364. The van der Waals surface area contributed by atoms with Crippen LogP contribution in [0.2, 0.25) is 0 Å². The van der Waals surface area contributed by atoms with Gasteiger partial charge in [0.25, 0.3) is 11.5 Å². The fourth-order valence-corrected chi connectivity index (χ4v) is 2.72. The molecule has 8 heteroatoms. The summed E-state index contributed by atoms with van der Waals surface area (Å²) in [5, 5.41) is 24.7. The minimum absolute atomic E-state index is 0.100. The first-order valence-corrected chi connectivity index (χ1v) is 7.69. The zero-order chi connectivity index (χ0) is 17.1. The number of carbonyl (C=O) groups is 1. The van der Waals surface area contributed by atoms with Gasteiger partial charge in [0.2, 0.25) is 0 Å². The van der Waals surface area contributed by atoms with Gasteiger partial charge in [0, 0.05) is 12.7 Å². The fraction of sp³-hybridized carbons (Fsp3) is 0.375. The van der Waals surface area contributed by atoms with E-state index < -0.39 is 24.2 Å². The lowest BCUT2D eigenvalue weighted by molar-refractivity contribution is -0.107. The van der Waals surface area contributed by atoms with Crippen LogP contribution >= 0.6 is 0 Å². The van der Waals surface area contributed by atoms with Gasteiger partial charge >= 0.3 is 0 Å². The summed E-state index contributed by atoms with van der Waals surface area (Å²) >= 11 is 0. The molecule has 3 atom stereocenters. The summed E-state index contributed by atoms with van der Waals surface area (Å²) in [7, 11) is 0. The summed E-state index contributed by atoms with van der Waals surface area (Å²) in [6.07, 6.45) is -1.31. The average Bonchev–Trinajstić information content (AvgIpc) is 2.99. The first kappa shape index (κ1) is 16.4. The number of para-hydroxylation sites is 1. The minimum Gasteiger partial charge on any atom is -0.394 e. The summed E-state index contributed by atoms with van der Waals surface area (Å²) < 4.78 is 6.49. The van der Waals surface area contributed by atoms with E-state index in [9.17, 15) is 14.7 Å². The van der Waals surface area contributed by atoms with E-state index in [1.54, 1.807) is 24.3 Å². The molecule has 1 amide bonds. The van der Waals surface area contributed by atoms with E-state index in [1.807, 2.05) is 6.07 Å². The molecule has 1 saturated heterocycles. The molecule has 0 aliphatic carbocycles. The van der Waals surface area contributed by atoms with Crippen LogP contribution in [-0.2, 0) is 4.74 Å². The van der Waals surface area contributed by atoms with Crippen molar-refractivity contribution in [2.75, 3.05) is 13.2 Å². The SMILES string of the molecule is O=C(N[C@H]1CCO[C@H](CO)[C@H]1O)c1cc(=O)n(-c2ccccc2)[nH]1. The number of rotatable bonds is 4. The van der Waals surface area contributed by atoms with Crippen molar-refractivity contribution < 1.29 is 19.7 Å². The van der Waals surface area contributed by atoms with Crippen molar-refractivity contribution in [1.82, 2.24) is 15.1 Å². The second-order valence-corrected chi connectivity index (χ2v) is 5.63. The Bertz CT molecular complexity index is 755. The van der Waals surface area contributed by atoms with Gasteiger partial charge in [-0.25, -0.2) is 4.68 Å². The Hall–Kier alpha value is -2.42. The van der Waals surface area contributed by atoms with Gasteiger partial charge in [-0.3, -0.25) is 14.7 Å². The highest BCUT2D eigenvalue weighted by molar-refractivity contribution is 5.92. The van der Waals surface area contributed by atoms with E-state index in [4.69, 9.17) is 9.84 Å². The highest BCUT2D eigenvalue weighted by Gasteiger charge is 2.33. The number of hydrogen-bond acceptors (Lipinski definition) is 5. The van der Waals surface area contributed by atoms with Crippen LogP contribution in [0.3, 0.4) is 0 Å². The van der Waals surface area contributed by atoms with Crippen molar-refractivity contribution in [3.63, 3.8) is 0 Å². The number of nitrogens with zero attached hydrogens (tertiary/aromatic N) is 1. The molecule has 24 heavy (non-hydrogen) atoms. The van der Waals surface area contributed by atoms with E-state index in [0.717, 1.165) is 0 Å². The van der Waals surface area contributed by atoms with E-state index in [2.05, 4.69) is 10.4 Å². The van der Waals surface area contributed by atoms with Crippen LogP contribution in [0, 0.1) is 0 Å². The van der Waals surface area contributed by atoms with Crippen LogP contribution < -0.4 is 10.9 Å². The van der Waals surface area contributed by atoms with Gasteiger partial charge in [0.1, 0.15) is 17.9 Å². The normalized spacial score (nSPS) is 23.8. The van der Waals surface area contributed by atoms with Crippen molar-refractivity contribution in [2.45, 2.75) is 24.7 Å². The number of aliphatic hydroxyl groups excluding tert-OH is 2. The lowest BCUT2D eigenvalue weighted by Gasteiger charge is -2.34. The summed E-state index contributed by atoms with van der Waals surface area (Å²) in [6, 6.07) is 9.55. The third-order valence-corrected chi connectivity index (χ3v) is 4.03. The second kappa shape index (κ2) is 7.00. The number of amides is 1. The molecule has 1 aliphatic rings. The molecule has 1 aromatic carbocycles. The van der Waals surface area contributed by atoms with Crippen molar-refractivity contribution in [3.8, 4) is 5.69 Å². The number of nitrogens with one attached hydrogen (secondary N) is 2. The molecule has 1 fully saturated rings. The maximum atomic E-state index is 12.3. The largest absolute Gasteiger partial charge is 0.394 e. The number of carbonyl (C=O) groups excluding carboxylic acids is 1. The van der Waals surface area contributed by atoms with Gasteiger partial charge < -0.3 is 20.3 Å². The Morgan fingerprint density at radius 3 is 2.83 bits per heavy atom.